The molecular formula is C14H23N3. The third kappa shape index (κ3) is 3.43. The second kappa shape index (κ2) is 6.01. The molecular weight excluding hydrogens is 210 g/mol. The lowest BCUT2D eigenvalue weighted by molar-refractivity contribution is 0.574. The van der Waals surface area contributed by atoms with Crippen molar-refractivity contribution in [2.24, 2.45) is 5.73 Å². The maximum Gasteiger partial charge on any atom is 0.110 e. The fourth-order valence-electron chi connectivity index (χ4n) is 2.55. The Hall–Kier alpha value is -1.09. The third-order valence-corrected chi connectivity index (χ3v) is 3.50. The highest BCUT2D eigenvalue weighted by Gasteiger charge is 2.12. The van der Waals surface area contributed by atoms with Crippen LogP contribution in [0, 0.1) is 0 Å². The van der Waals surface area contributed by atoms with Crippen molar-refractivity contribution in [3.8, 4) is 0 Å². The van der Waals surface area contributed by atoms with Crippen molar-refractivity contribution in [2.45, 2.75) is 58.0 Å². The van der Waals surface area contributed by atoms with Crippen LogP contribution in [0.3, 0.4) is 0 Å². The molecule has 1 aliphatic carbocycles. The molecule has 0 amide bonds. The van der Waals surface area contributed by atoms with Gasteiger partial charge < -0.3 is 10.3 Å². The largest absolute Gasteiger partial charge is 0.335 e. The van der Waals surface area contributed by atoms with Gasteiger partial charge in [0.2, 0.25) is 0 Å². The molecule has 1 heterocycles. The van der Waals surface area contributed by atoms with Crippen molar-refractivity contribution in [2.75, 3.05) is 0 Å². The molecule has 2 rings (SSSR count). The van der Waals surface area contributed by atoms with Crippen LogP contribution in [0.5, 0.6) is 0 Å². The smallest absolute Gasteiger partial charge is 0.110 e. The third-order valence-electron chi connectivity index (χ3n) is 3.50. The quantitative estimate of drug-likeness (QED) is 0.795. The van der Waals surface area contributed by atoms with Crippen LogP contribution in [0.1, 0.15) is 44.9 Å². The molecule has 94 valence electrons. The topological polar surface area (TPSA) is 43.8 Å². The van der Waals surface area contributed by atoms with E-state index in [1.54, 1.807) is 5.57 Å². The number of nitrogens with two attached hydrogens (primary N) is 1. The molecule has 1 aromatic rings. The number of aryl methyl sites for hydroxylation is 1. The highest BCUT2D eigenvalue weighted by molar-refractivity contribution is 5.08. The average molecular weight is 233 g/mol. The molecule has 0 aromatic carbocycles. The van der Waals surface area contributed by atoms with Crippen LogP contribution < -0.4 is 5.73 Å². The van der Waals surface area contributed by atoms with Gasteiger partial charge in [-0.1, -0.05) is 11.6 Å². The van der Waals surface area contributed by atoms with Gasteiger partial charge in [-0.3, -0.25) is 0 Å². The van der Waals surface area contributed by atoms with Crippen molar-refractivity contribution in [1.29, 1.82) is 0 Å². The summed E-state index contributed by atoms with van der Waals surface area (Å²) in [6.45, 7) is 3.12. The minimum absolute atomic E-state index is 0.215. The van der Waals surface area contributed by atoms with Crippen molar-refractivity contribution in [1.82, 2.24) is 9.55 Å². The normalized spacial score (nSPS) is 17.9. The highest BCUT2D eigenvalue weighted by atomic mass is 15.1. The molecule has 0 saturated heterocycles. The Balaban J connectivity index is 1.88. The number of allylic oxidation sites excluding steroid dienone is 1. The number of hydrogen-bond donors (Lipinski definition) is 1. The van der Waals surface area contributed by atoms with Gasteiger partial charge in [-0.2, -0.15) is 0 Å². The molecule has 0 aliphatic heterocycles. The van der Waals surface area contributed by atoms with Crippen LogP contribution in [-0.2, 0) is 13.0 Å². The Morgan fingerprint density at radius 1 is 1.41 bits per heavy atom. The summed E-state index contributed by atoms with van der Waals surface area (Å²) in [5.74, 6) is 1.12. The van der Waals surface area contributed by atoms with E-state index in [1.165, 1.54) is 25.7 Å². The van der Waals surface area contributed by atoms with Crippen molar-refractivity contribution in [3.05, 3.63) is 29.9 Å². The number of aromatic nitrogens is 2. The second-order valence-corrected chi connectivity index (χ2v) is 4.91. The molecule has 1 aliphatic rings. The van der Waals surface area contributed by atoms with Gasteiger partial charge in [0.25, 0.3) is 0 Å². The fraction of sp³-hybridized carbons (Fsp3) is 0.643. The first-order valence-corrected chi connectivity index (χ1v) is 6.73. The lowest BCUT2D eigenvalue weighted by Crippen LogP contribution is -2.25. The van der Waals surface area contributed by atoms with E-state index in [2.05, 4.69) is 22.6 Å². The van der Waals surface area contributed by atoms with Gasteiger partial charge >= 0.3 is 0 Å². The van der Waals surface area contributed by atoms with E-state index >= 15 is 0 Å². The van der Waals surface area contributed by atoms with E-state index in [9.17, 15) is 0 Å². The molecule has 3 nitrogen and oxygen atoms in total. The Bertz CT molecular complexity index is 379. The molecule has 2 N–H and O–H groups in total. The van der Waals surface area contributed by atoms with Gasteiger partial charge in [-0.15, -0.1) is 0 Å². The monoisotopic (exact) mass is 233 g/mol. The average Bonchev–Trinajstić information content (AvgIpc) is 2.77. The minimum atomic E-state index is 0.215. The summed E-state index contributed by atoms with van der Waals surface area (Å²) >= 11 is 0. The van der Waals surface area contributed by atoms with Crippen LogP contribution in [0.15, 0.2) is 24.0 Å². The molecule has 1 atom stereocenters. The summed E-state index contributed by atoms with van der Waals surface area (Å²) < 4.78 is 2.18. The standard InChI is InChI=1S/C14H23N3/c1-2-17-9-8-16-14(17)11-13(15)10-12-6-4-3-5-7-12/h6,8-9,13H,2-5,7,10-11,15H2,1H3. The number of nitrogens with zero attached hydrogens (tertiary/aromatic N) is 2. The molecule has 0 radical (unpaired) electrons. The van der Waals surface area contributed by atoms with E-state index in [1.807, 2.05) is 12.4 Å². The van der Waals surface area contributed by atoms with Gasteiger partial charge in [-0.05, 0) is 39.0 Å². The van der Waals surface area contributed by atoms with Crippen LogP contribution in [0.4, 0.5) is 0 Å². The van der Waals surface area contributed by atoms with Crippen molar-refractivity contribution in [3.63, 3.8) is 0 Å². The molecule has 0 spiro atoms. The summed E-state index contributed by atoms with van der Waals surface area (Å²) in [6.07, 6.45) is 13.4. The van der Waals surface area contributed by atoms with E-state index in [4.69, 9.17) is 5.73 Å². The molecule has 0 saturated carbocycles. The first kappa shape index (κ1) is 12.4. The highest BCUT2D eigenvalue weighted by Crippen LogP contribution is 2.21. The van der Waals surface area contributed by atoms with Gasteiger partial charge in [0.1, 0.15) is 5.82 Å². The molecule has 0 fully saturated rings. The van der Waals surface area contributed by atoms with Crippen LogP contribution in [-0.4, -0.2) is 15.6 Å². The zero-order valence-electron chi connectivity index (χ0n) is 10.7. The van der Waals surface area contributed by atoms with Gasteiger partial charge in [0, 0.05) is 31.4 Å². The van der Waals surface area contributed by atoms with E-state index < -0.39 is 0 Å². The SMILES string of the molecule is CCn1ccnc1CC(N)CC1=CCCCC1. The Kier molecular flexibility index (Phi) is 4.37. The van der Waals surface area contributed by atoms with Gasteiger partial charge in [0.05, 0.1) is 0 Å². The van der Waals surface area contributed by atoms with E-state index in [0.29, 0.717) is 0 Å². The Morgan fingerprint density at radius 3 is 3.00 bits per heavy atom. The fourth-order valence-corrected chi connectivity index (χ4v) is 2.55. The van der Waals surface area contributed by atoms with Crippen molar-refractivity contribution < 1.29 is 0 Å². The number of rotatable bonds is 5. The zero-order valence-corrected chi connectivity index (χ0v) is 10.7. The number of imidazole rings is 1. The van der Waals surface area contributed by atoms with E-state index in [0.717, 1.165) is 25.2 Å². The summed E-state index contributed by atoms with van der Waals surface area (Å²) in [4.78, 5) is 4.38. The first-order valence-electron chi connectivity index (χ1n) is 6.73. The minimum Gasteiger partial charge on any atom is -0.335 e. The predicted molar refractivity (Wildman–Crippen MR) is 70.7 cm³/mol. The van der Waals surface area contributed by atoms with Gasteiger partial charge in [-0.25, -0.2) is 4.98 Å². The van der Waals surface area contributed by atoms with Crippen LogP contribution in [0.25, 0.3) is 0 Å². The molecule has 0 bridgehead atoms. The lowest BCUT2D eigenvalue weighted by Gasteiger charge is -2.17. The summed E-state index contributed by atoms with van der Waals surface area (Å²) in [7, 11) is 0. The molecule has 17 heavy (non-hydrogen) atoms. The summed E-state index contributed by atoms with van der Waals surface area (Å²) in [6, 6.07) is 0.215. The van der Waals surface area contributed by atoms with E-state index in [-0.39, 0.29) is 6.04 Å². The summed E-state index contributed by atoms with van der Waals surface area (Å²) in [5, 5.41) is 0. The molecule has 1 unspecified atom stereocenters. The lowest BCUT2D eigenvalue weighted by atomic mass is 9.93. The maximum atomic E-state index is 6.23. The second-order valence-electron chi connectivity index (χ2n) is 4.91. The van der Waals surface area contributed by atoms with Crippen LogP contribution in [0.2, 0.25) is 0 Å². The summed E-state index contributed by atoms with van der Waals surface area (Å²) in [5.41, 5.74) is 7.78. The van der Waals surface area contributed by atoms with Crippen LogP contribution >= 0.6 is 0 Å². The molecule has 1 aromatic heterocycles. The van der Waals surface area contributed by atoms with Gasteiger partial charge in [0.15, 0.2) is 0 Å². The zero-order chi connectivity index (χ0) is 12.1. The maximum absolute atomic E-state index is 6.23. The Morgan fingerprint density at radius 2 is 2.29 bits per heavy atom. The predicted octanol–water partition coefficient (Wildman–Crippen LogP) is 2.66. The molecule has 3 heteroatoms. The first-order chi connectivity index (χ1) is 8.29. The number of hydrogen-bond acceptors (Lipinski definition) is 2. The van der Waals surface area contributed by atoms with Crippen molar-refractivity contribution >= 4 is 0 Å². The Labute approximate surface area is 104 Å².